The lowest BCUT2D eigenvalue weighted by Gasteiger charge is -2.24. The topological polar surface area (TPSA) is 66.8 Å². The molecule has 0 radical (unpaired) electrons. The van der Waals surface area contributed by atoms with Crippen LogP contribution < -0.4 is 4.90 Å². The van der Waals surface area contributed by atoms with E-state index >= 15 is 0 Å². The lowest BCUT2D eigenvalue weighted by atomic mass is 10.1. The van der Waals surface area contributed by atoms with Crippen LogP contribution in [-0.4, -0.2) is 29.6 Å². The van der Waals surface area contributed by atoms with Gasteiger partial charge < -0.3 is 14.7 Å². The zero-order valence-corrected chi connectivity index (χ0v) is 14.0. The van der Waals surface area contributed by atoms with Gasteiger partial charge in [0.2, 0.25) is 0 Å². The number of anilines is 1. The fraction of sp³-hybridized carbons (Fsp3) is 0.263. The first kappa shape index (κ1) is 17.5. The predicted molar refractivity (Wildman–Crippen MR) is 92.2 cm³/mol. The van der Waals surface area contributed by atoms with Crippen LogP contribution in [0.5, 0.6) is 5.75 Å². The summed E-state index contributed by atoms with van der Waals surface area (Å²) in [5, 5.41) is 9.85. The van der Waals surface area contributed by atoms with E-state index < -0.39 is 12.1 Å². The highest BCUT2D eigenvalue weighted by molar-refractivity contribution is 5.99. The molecule has 126 valence electrons. The second kappa shape index (κ2) is 7.64. The molecule has 0 fully saturated rings. The smallest absolute Gasteiger partial charge is 0.342 e. The van der Waals surface area contributed by atoms with E-state index in [1.54, 1.807) is 17.9 Å². The zero-order chi connectivity index (χ0) is 17.7. The largest absolute Gasteiger partial charge is 0.507 e. The Labute approximate surface area is 141 Å². The molecular weight excluding hydrogens is 306 g/mol. The Bertz CT molecular complexity index is 727. The Morgan fingerprint density at radius 3 is 2.42 bits per heavy atom. The van der Waals surface area contributed by atoms with Crippen LogP contribution in [0.25, 0.3) is 0 Å². The number of likely N-dealkylation sites (N-methyl/N-ethyl adjacent to an activating group) is 1. The van der Waals surface area contributed by atoms with Crippen LogP contribution in [-0.2, 0) is 9.53 Å². The molecule has 5 nitrogen and oxygen atoms in total. The predicted octanol–water partition coefficient (Wildman–Crippen LogP) is 3.30. The molecule has 2 aromatic rings. The van der Waals surface area contributed by atoms with Gasteiger partial charge in [0, 0.05) is 12.2 Å². The van der Waals surface area contributed by atoms with Gasteiger partial charge in [-0.15, -0.1) is 0 Å². The van der Waals surface area contributed by atoms with Gasteiger partial charge in [0.15, 0.2) is 6.10 Å². The summed E-state index contributed by atoms with van der Waals surface area (Å²) in [6.45, 7) is 5.64. The number of aromatic hydroxyl groups is 1. The van der Waals surface area contributed by atoms with Gasteiger partial charge >= 0.3 is 5.97 Å². The second-order valence-corrected chi connectivity index (χ2v) is 5.49. The lowest BCUT2D eigenvalue weighted by Crippen LogP contribution is -2.40. The molecule has 5 heteroatoms. The van der Waals surface area contributed by atoms with Crippen LogP contribution in [0.1, 0.15) is 29.8 Å². The number of amides is 1. The SMILES string of the molecule is CCN(C(=O)[C@@H](C)OC(=O)c1ccc(C)cc1O)c1ccccc1. The molecule has 1 amide bonds. The molecule has 0 heterocycles. The van der Waals surface area contributed by atoms with Gasteiger partial charge in [-0.05, 0) is 50.6 Å². The van der Waals surface area contributed by atoms with Crippen LogP contribution in [0, 0.1) is 6.92 Å². The number of para-hydroxylation sites is 1. The number of carbonyl (C=O) groups excluding carboxylic acids is 2. The highest BCUT2D eigenvalue weighted by atomic mass is 16.5. The summed E-state index contributed by atoms with van der Waals surface area (Å²) >= 11 is 0. The summed E-state index contributed by atoms with van der Waals surface area (Å²) in [7, 11) is 0. The lowest BCUT2D eigenvalue weighted by molar-refractivity contribution is -0.126. The molecule has 0 spiro atoms. The number of ether oxygens (including phenoxy) is 1. The van der Waals surface area contributed by atoms with E-state index in [0.717, 1.165) is 11.3 Å². The van der Waals surface area contributed by atoms with Crippen LogP contribution in [0.2, 0.25) is 0 Å². The summed E-state index contributed by atoms with van der Waals surface area (Å²) in [4.78, 5) is 26.3. The minimum atomic E-state index is -0.960. The summed E-state index contributed by atoms with van der Waals surface area (Å²) in [5.41, 5.74) is 1.61. The molecule has 1 N–H and O–H groups in total. The zero-order valence-electron chi connectivity index (χ0n) is 14.0. The van der Waals surface area contributed by atoms with E-state index in [9.17, 15) is 14.7 Å². The Kier molecular flexibility index (Phi) is 5.58. The van der Waals surface area contributed by atoms with Crippen molar-refractivity contribution in [2.45, 2.75) is 26.9 Å². The Hall–Kier alpha value is -2.82. The van der Waals surface area contributed by atoms with Crippen molar-refractivity contribution in [1.29, 1.82) is 0 Å². The van der Waals surface area contributed by atoms with E-state index in [2.05, 4.69) is 0 Å². The minimum Gasteiger partial charge on any atom is -0.507 e. The maximum atomic E-state index is 12.6. The first-order valence-corrected chi connectivity index (χ1v) is 7.81. The summed E-state index contributed by atoms with van der Waals surface area (Å²) < 4.78 is 5.23. The summed E-state index contributed by atoms with van der Waals surface area (Å²) in [5.74, 6) is -1.20. The number of esters is 1. The normalized spacial score (nSPS) is 11.6. The maximum Gasteiger partial charge on any atom is 0.342 e. The highest BCUT2D eigenvalue weighted by Crippen LogP contribution is 2.21. The maximum absolute atomic E-state index is 12.6. The third-order valence-electron chi connectivity index (χ3n) is 3.65. The molecule has 0 aliphatic rings. The molecule has 0 bridgehead atoms. The molecule has 0 saturated carbocycles. The number of phenols is 1. The number of benzene rings is 2. The van der Waals surface area contributed by atoms with Crippen LogP contribution in [0.3, 0.4) is 0 Å². The molecule has 24 heavy (non-hydrogen) atoms. The van der Waals surface area contributed by atoms with Crippen molar-refractivity contribution >= 4 is 17.6 Å². The number of rotatable bonds is 5. The van der Waals surface area contributed by atoms with E-state index in [-0.39, 0.29) is 17.2 Å². The molecule has 1 atom stereocenters. The Balaban J connectivity index is 2.11. The van der Waals surface area contributed by atoms with Crippen molar-refractivity contribution in [2.75, 3.05) is 11.4 Å². The van der Waals surface area contributed by atoms with Crippen molar-refractivity contribution in [3.05, 3.63) is 59.7 Å². The summed E-state index contributed by atoms with van der Waals surface area (Å²) in [6.07, 6.45) is -0.960. The monoisotopic (exact) mass is 327 g/mol. The van der Waals surface area contributed by atoms with Crippen LogP contribution in [0.4, 0.5) is 5.69 Å². The average Bonchev–Trinajstić information content (AvgIpc) is 2.56. The van der Waals surface area contributed by atoms with Gasteiger partial charge in [-0.1, -0.05) is 24.3 Å². The van der Waals surface area contributed by atoms with E-state index in [1.165, 1.54) is 19.1 Å². The second-order valence-electron chi connectivity index (χ2n) is 5.49. The number of phenolic OH excluding ortho intramolecular Hbond substituents is 1. The third-order valence-corrected chi connectivity index (χ3v) is 3.65. The number of nitrogens with zero attached hydrogens (tertiary/aromatic N) is 1. The van der Waals surface area contributed by atoms with Crippen molar-refractivity contribution in [3.63, 3.8) is 0 Å². The molecule has 0 aliphatic heterocycles. The van der Waals surface area contributed by atoms with E-state index in [1.807, 2.05) is 37.3 Å². The Morgan fingerprint density at radius 2 is 1.83 bits per heavy atom. The molecule has 0 saturated heterocycles. The highest BCUT2D eigenvalue weighted by Gasteiger charge is 2.25. The molecule has 2 rings (SSSR count). The van der Waals surface area contributed by atoms with Crippen LogP contribution in [0.15, 0.2) is 48.5 Å². The summed E-state index contributed by atoms with van der Waals surface area (Å²) in [6, 6.07) is 13.9. The first-order chi connectivity index (χ1) is 11.4. The van der Waals surface area contributed by atoms with Gasteiger partial charge in [0.05, 0.1) is 0 Å². The number of carbonyl (C=O) groups is 2. The fourth-order valence-electron chi connectivity index (χ4n) is 2.38. The van der Waals surface area contributed by atoms with Gasteiger partial charge in [-0.25, -0.2) is 4.79 Å². The van der Waals surface area contributed by atoms with E-state index in [0.29, 0.717) is 6.54 Å². The van der Waals surface area contributed by atoms with Crippen molar-refractivity contribution in [3.8, 4) is 5.75 Å². The Morgan fingerprint density at radius 1 is 1.17 bits per heavy atom. The standard InChI is InChI=1S/C19H21NO4/c1-4-20(15-8-6-5-7-9-15)18(22)14(3)24-19(23)16-11-10-13(2)12-17(16)21/h5-12,14,21H,4H2,1-3H3/t14-/m1/s1. The van der Waals surface area contributed by atoms with Crippen molar-refractivity contribution < 1.29 is 19.4 Å². The average molecular weight is 327 g/mol. The van der Waals surface area contributed by atoms with Gasteiger partial charge in [-0.3, -0.25) is 4.79 Å². The molecule has 0 aromatic heterocycles. The molecular formula is C19H21NO4. The molecule has 0 aliphatic carbocycles. The van der Waals surface area contributed by atoms with Gasteiger partial charge in [0.25, 0.3) is 5.91 Å². The molecule has 0 unspecified atom stereocenters. The number of aryl methyl sites for hydroxylation is 1. The molecule has 2 aromatic carbocycles. The van der Waals surface area contributed by atoms with Gasteiger partial charge in [0.1, 0.15) is 11.3 Å². The number of hydrogen-bond donors (Lipinski definition) is 1. The van der Waals surface area contributed by atoms with Gasteiger partial charge in [-0.2, -0.15) is 0 Å². The quantitative estimate of drug-likeness (QED) is 0.856. The fourth-order valence-corrected chi connectivity index (χ4v) is 2.38. The van der Waals surface area contributed by atoms with E-state index in [4.69, 9.17) is 4.74 Å². The van der Waals surface area contributed by atoms with Crippen molar-refractivity contribution in [2.24, 2.45) is 0 Å². The number of hydrogen-bond acceptors (Lipinski definition) is 4. The van der Waals surface area contributed by atoms with Crippen molar-refractivity contribution in [1.82, 2.24) is 0 Å². The minimum absolute atomic E-state index is 0.0445. The van der Waals surface area contributed by atoms with Crippen LogP contribution >= 0.6 is 0 Å². The first-order valence-electron chi connectivity index (χ1n) is 7.81. The third kappa shape index (κ3) is 3.93.